The van der Waals surface area contributed by atoms with Crippen molar-refractivity contribution in [3.63, 3.8) is 0 Å². The molecule has 0 bridgehead atoms. The van der Waals surface area contributed by atoms with Crippen LogP contribution in [0, 0.1) is 0 Å². The highest BCUT2D eigenvalue weighted by Crippen LogP contribution is 2.32. The van der Waals surface area contributed by atoms with Gasteiger partial charge in [0.2, 0.25) is 0 Å². The van der Waals surface area contributed by atoms with Crippen LogP contribution in [0.4, 0.5) is 0 Å². The molecule has 4 rings (SSSR count). The molecule has 3 aromatic rings. The molecule has 0 aliphatic heterocycles. The predicted molar refractivity (Wildman–Crippen MR) is 121 cm³/mol. The lowest BCUT2D eigenvalue weighted by Crippen LogP contribution is -2.22. The van der Waals surface area contributed by atoms with Crippen LogP contribution in [0.15, 0.2) is 96.1 Å². The lowest BCUT2D eigenvalue weighted by Gasteiger charge is -2.21. The van der Waals surface area contributed by atoms with E-state index in [4.69, 9.17) is 0 Å². The SMILES string of the molecule is O=C1C(CCCc2ccccc2)=C(CCCc2ccccc2)C(=O)c2ccccc21. The van der Waals surface area contributed by atoms with E-state index in [1.807, 2.05) is 48.5 Å². The van der Waals surface area contributed by atoms with Gasteiger partial charge in [0.05, 0.1) is 0 Å². The van der Waals surface area contributed by atoms with Crippen LogP contribution in [0.5, 0.6) is 0 Å². The Bertz CT molecular complexity index is 976. The molecule has 1 aliphatic rings. The summed E-state index contributed by atoms with van der Waals surface area (Å²) >= 11 is 0. The molecular weight excluding hydrogens is 368 g/mol. The molecule has 0 amide bonds. The summed E-state index contributed by atoms with van der Waals surface area (Å²) in [6.45, 7) is 0. The molecule has 0 saturated heterocycles. The number of aryl methyl sites for hydroxylation is 2. The number of hydrogen-bond acceptors (Lipinski definition) is 2. The van der Waals surface area contributed by atoms with Crippen molar-refractivity contribution >= 4 is 11.6 Å². The molecule has 3 aromatic carbocycles. The third-order valence-electron chi connectivity index (χ3n) is 5.80. The Hall–Kier alpha value is -3.26. The number of rotatable bonds is 8. The maximum Gasteiger partial charge on any atom is 0.190 e. The smallest absolute Gasteiger partial charge is 0.190 e. The molecule has 30 heavy (non-hydrogen) atoms. The van der Waals surface area contributed by atoms with Crippen molar-refractivity contribution in [3.8, 4) is 0 Å². The average molecular weight is 395 g/mol. The quantitative estimate of drug-likeness (QED) is 0.442. The second-order valence-electron chi connectivity index (χ2n) is 7.84. The zero-order valence-corrected chi connectivity index (χ0v) is 17.1. The van der Waals surface area contributed by atoms with Gasteiger partial charge in [0.1, 0.15) is 0 Å². The molecule has 150 valence electrons. The molecule has 0 radical (unpaired) electrons. The second-order valence-corrected chi connectivity index (χ2v) is 7.84. The van der Waals surface area contributed by atoms with Crippen molar-refractivity contribution in [2.24, 2.45) is 0 Å². The van der Waals surface area contributed by atoms with Gasteiger partial charge in [0.25, 0.3) is 0 Å². The number of carbonyl (C=O) groups excluding carboxylic acids is 2. The van der Waals surface area contributed by atoms with E-state index >= 15 is 0 Å². The van der Waals surface area contributed by atoms with E-state index < -0.39 is 0 Å². The van der Waals surface area contributed by atoms with E-state index in [0.717, 1.165) is 36.8 Å². The summed E-state index contributed by atoms with van der Waals surface area (Å²) in [5, 5.41) is 0. The number of carbonyl (C=O) groups is 2. The van der Waals surface area contributed by atoms with Gasteiger partial charge >= 0.3 is 0 Å². The molecule has 2 nitrogen and oxygen atoms in total. The monoisotopic (exact) mass is 394 g/mol. The molecule has 2 heteroatoms. The van der Waals surface area contributed by atoms with Gasteiger partial charge in [0, 0.05) is 22.3 Å². The molecule has 0 fully saturated rings. The largest absolute Gasteiger partial charge is 0.289 e. The number of allylic oxidation sites excluding steroid dienone is 2. The summed E-state index contributed by atoms with van der Waals surface area (Å²) in [6.07, 6.45) is 4.84. The maximum absolute atomic E-state index is 13.2. The maximum atomic E-state index is 13.2. The number of Topliss-reactive ketones (excluding diaryl/α,β-unsaturated/α-hetero) is 2. The van der Waals surface area contributed by atoms with E-state index in [2.05, 4.69) is 24.3 Å². The Morgan fingerprint density at radius 1 is 0.433 bits per heavy atom. The van der Waals surface area contributed by atoms with Crippen molar-refractivity contribution < 1.29 is 9.59 Å². The molecule has 0 spiro atoms. The van der Waals surface area contributed by atoms with Crippen LogP contribution < -0.4 is 0 Å². The number of ketones is 2. The Kier molecular flexibility index (Phi) is 6.34. The zero-order valence-electron chi connectivity index (χ0n) is 17.1. The van der Waals surface area contributed by atoms with E-state index in [0.29, 0.717) is 24.0 Å². The van der Waals surface area contributed by atoms with Crippen LogP contribution >= 0.6 is 0 Å². The Morgan fingerprint density at radius 3 is 1.20 bits per heavy atom. The fraction of sp³-hybridized carbons (Fsp3) is 0.214. The lowest BCUT2D eigenvalue weighted by molar-refractivity contribution is 0.0968. The summed E-state index contributed by atoms with van der Waals surface area (Å²) in [5.74, 6) is 0.0703. The molecular formula is C28H26O2. The topological polar surface area (TPSA) is 34.1 Å². The molecule has 0 aromatic heterocycles. The van der Waals surface area contributed by atoms with E-state index in [1.54, 1.807) is 12.1 Å². The summed E-state index contributed by atoms with van der Waals surface area (Å²) in [6, 6.07) is 27.9. The zero-order chi connectivity index (χ0) is 20.8. The van der Waals surface area contributed by atoms with Gasteiger partial charge in [-0.2, -0.15) is 0 Å². The van der Waals surface area contributed by atoms with Crippen LogP contribution in [0.3, 0.4) is 0 Å². The fourth-order valence-electron chi connectivity index (χ4n) is 4.24. The van der Waals surface area contributed by atoms with Gasteiger partial charge in [-0.1, -0.05) is 84.9 Å². The Labute approximate surface area is 178 Å². The van der Waals surface area contributed by atoms with E-state index in [1.165, 1.54) is 11.1 Å². The van der Waals surface area contributed by atoms with Crippen molar-refractivity contribution in [3.05, 3.63) is 118 Å². The first-order valence-electron chi connectivity index (χ1n) is 10.7. The highest BCUT2D eigenvalue weighted by molar-refractivity contribution is 6.26. The first kappa shape index (κ1) is 20.0. The van der Waals surface area contributed by atoms with E-state index in [-0.39, 0.29) is 11.6 Å². The summed E-state index contributed by atoms with van der Waals surface area (Å²) in [5.41, 5.74) is 5.09. The fourth-order valence-corrected chi connectivity index (χ4v) is 4.24. The van der Waals surface area contributed by atoms with Gasteiger partial charge in [-0.05, 0) is 49.7 Å². The molecule has 0 heterocycles. The number of fused-ring (bicyclic) bond motifs is 1. The van der Waals surface area contributed by atoms with E-state index in [9.17, 15) is 9.59 Å². The van der Waals surface area contributed by atoms with Crippen LogP contribution in [-0.2, 0) is 12.8 Å². The molecule has 0 N–H and O–H groups in total. The average Bonchev–Trinajstić information content (AvgIpc) is 2.80. The van der Waals surface area contributed by atoms with Crippen LogP contribution in [-0.4, -0.2) is 11.6 Å². The number of hydrogen-bond donors (Lipinski definition) is 0. The predicted octanol–water partition coefficient (Wildman–Crippen LogP) is 6.41. The first-order valence-corrected chi connectivity index (χ1v) is 10.7. The lowest BCUT2D eigenvalue weighted by atomic mass is 9.80. The highest BCUT2D eigenvalue weighted by atomic mass is 16.1. The molecule has 0 unspecified atom stereocenters. The van der Waals surface area contributed by atoms with Gasteiger partial charge in [0.15, 0.2) is 11.6 Å². The third-order valence-corrected chi connectivity index (χ3v) is 5.80. The van der Waals surface area contributed by atoms with Gasteiger partial charge in [-0.25, -0.2) is 0 Å². The number of benzene rings is 3. The highest BCUT2D eigenvalue weighted by Gasteiger charge is 2.30. The van der Waals surface area contributed by atoms with Gasteiger partial charge in [-0.3, -0.25) is 9.59 Å². The molecule has 0 atom stereocenters. The third kappa shape index (κ3) is 4.49. The normalized spacial score (nSPS) is 13.5. The molecule has 1 aliphatic carbocycles. The minimum Gasteiger partial charge on any atom is -0.289 e. The first-order chi connectivity index (χ1) is 14.7. The molecule has 0 saturated carbocycles. The van der Waals surface area contributed by atoms with Crippen LogP contribution in [0.1, 0.15) is 57.5 Å². The second kappa shape index (κ2) is 9.49. The minimum absolute atomic E-state index is 0.0352. The summed E-state index contributed by atoms with van der Waals surface area (Å²) < 4.78 is 0. The van der Waals surface area contributed by atoms with Crippen molar-refractivity contribution in [2.75, 3.05) is 0 Å². The van der Waals surface area contributed by atoms with Crippen molar-refractivity contribution in [1.29, 1.82) is 0 Å². The standard InChI is InChI=1S/C28H26O2/c29-27-23-17-7-8-18-24(23)28(30)26(20-10-16-22-13-5-2-6-14-22)25(27)19-9-15-21-11-3-1-4-12-21/h1-8,11-14,17-18H,9-10,15-16,19-20H2. The summed E-state index contributed by atoms with van der Waals surface area (Å²) in [4.78, 5) is 26.5. The van der Waals surface area contributed by atoms with Gasteiger partial charge in [-0.15, -0.1) is 0 Å². The summed E-state index contributed by atoms with van der Waals surface area (Å²) in [7, 11) is 0. The van der Waals surface area contributed by atoms with Crippen LogP contribution in [0.2, 0.25) is 0 Å². The van der Waals surface area contributed by atoms with Crippen LogP contribution in [0.25, 0.3) is 0 Å². The van der Waals surface area contributed by atoms with Gasteiger partial charge < -0.3 is 0 Å². The Balaban J connectivity index is 1.53. The van der Waals surface area contributed by atoms with Crippen molar-refractivity contribution in [1.82, 2.24) is 0 Å². The Morgan fingerprint density at radius 2 is 0.800 bits per heavy atom. The minimum atomic E-state index is 0.0352. The van der Waals surface area contributed by atoms with Crippen molar-refractivity contribution in [2.45, 2.75) is 38.5 Å².